The number of nitrogen functional groups attached to an aromatic ring is 1. The highest BCUT2D eigenvalue weighted by Gasteiger charge is 2.19. The van der Waals surface area contributed by atoms with Gasteiger partial charge in [-0.3, -0.25) is 14.6 Å². The molecule has 7 heteroatoms. The van der Waals surface area contributed by atoms with Gasteiger partial charge in [0.25, 0.3) is 11.5 Å². The molecule has 4 N–H and O–H groups in total. The van der Waals surface area contributed by atoms with Crippen molar-refractivity contribution < 1.29 is 4.79 Å². The topological polar surface area (TPSA) is 104 Å². The summed E-state index contributed by atoms with van der Waals surface area (Å²) in [5.41, 5.74) is 9.51. The van der Waals surface area contributed by atoms with Crippen molar-refractivity contribution in [1.29, 1.82) is 0 Å². The van der Waals surface area contributed by atoms with Gasteiger partial charge in [-0.1, -0.05) is 6.08 Å². The highest BCUT2D eigenvalue weighted by atomic mass is 16.2. The average molecular weight is 391 g/mol. The van der Waals surface area contributed by atoms with Crippen LogP contribution in [-0.2, 0) is 4.79 Å². The molecule has 1 aliphatic heterocycles. The third kappa shape index (κ3) is 4.39. The monoisotopic (exact) mass is 391 g/mol. The zero-order valence-corrected chi connectivity index (χ0v) is 16.3. The van der Waals surface area contributed by atoms with Gasteiger partial charge >= 0.3 is 0 Å². The molecule has 4 rings (SSSR count). The van der Waals surface area contributed by atoms with E-state index in [1.165, 1.54) is 25.0 Å². The van der Waals surface area contributed by atoms with Crippen LogP contribution in [0.1, 0.15) is 32.1 Å². The van der Waals surface area contributed by atoms with Crippen LogP contribution in [0.5, 0.6) is 0 Å². The van der Waals surface area contributed by atoms with Gasteiger partial charge < -0.3 is 20.9 Å². The molecule has 0 atom stereocenters. The van der Waals surface area contributed by atoms with Gasteiger partial charge in [-0.2, -0.15) is 0 Å². The highest BCUT2D eigenvalue weighted by Crippen LogP contribution is 2.25. The molecule has 3 heterocycles. The summed E-state index contributed by atoms with van der Waals surface area (Å²) >= 11 is 0. The number of aromatic nitrogens is 2. The molecule has 1 aliphatic carbocycles. The van der Waals surface area contributed by atoms with Gasteiger partial charge in [-0.05, 0) is 56.4 Å². The fourth-order valence-corrected chi connectivity index (χ4v) is 3.79. The highest BCUT2D eigenvalue weighted by molar-refractivity contribution is 6.04. The van der Waals surface area contributed by atoms with E-state index in [4.69, 9.17) is 5.73 Å². The number of pyridine rings is 2. The molecule has 0 unspecified atom stereocenters. The largest absolute Gasteiger partial charge is 0.399 e. The first-order chi connectivity index (χ1) is 14.1. The van der Waals surface area contributed by atoms with Crippen molar-refractivity contribution in [2.45, 2.75) is 32.1 Å². The molecule has 0 radical (unpaired) electrons. The van der Waals surface area contributed by atoms with E-state index in [9.17, 15) is 9.59 Å². The Labute approximate surface area is 169 Å². The van der Waals surface area contributed by atoms with Crippen LogP contribution < -0.4 is 16.6 Å². The molecule has 2 aliphatic rings. The first-order valence-electron chi connectivity index (χ1n) is 10.0. The van der Waals surface area contributed by atoms with Gasteiger partial charge in [0.2, 0.25) is 0 Å². The normalized spacial score (nSPS) is 16.8. The second-order valence-electron chi connectivity index (χ2n) is 7.46. The standard InChI is InChI=1S/C22H25N5O2/c23-17-8-9-24-19(13-17)16-12-20(22(29)25-14-16)26-21(28)15-4-6-18(7-5-15)27-10-2-1-3-11-27/h4,6,8-9,12-14H,1-3,5,7,10-11H2,(H2,23,24)(H,25,29)(H,26,28). The van der Waals surface area contributed by atoms with Crippen LogP contribution in [0, 0.1) is 0 Å². The third-order valence-corrected chi connectivity index (χ3v) is 5.41. The molecule has 0 spiro atoms. The first kappa shape index (κ1) is 19.0. The Balaban J connectivity index is 1.50. The van der Waals surface area contributed by atoms with Gasteiger partial charge in [-0.25, -0.2) is 0 Å². The molecule has 1 saturated heterocycles. The summed E-state index contributed by atoms with van der Waals surface area (Å²) in [5.74, 6) is -0.248. The zero-order valence-electron chi connectivity index (χ0n) is 16.3. The summed E-state index contributed by atoms with van der Waals surface area (Å²) in [6.45, 7) is 2.20. The Morgan fingerprint density at radius 1 is 1.14 bits per heavy atom. The number of amides is 1. The lowest BCUT2D eigenvalue weighted by Gasteiger charge is -2.32. The molecule has 29 heavy (non-hydrogen) atoms. The smallest absolute Gasteiger partial charge is 0.271 e. The van der Waals surface area contributed by atoms with Gasteiger partial charge in [0.05, 0.1) is 5.69 Å². The van der Waals surface area contributed by atoms with Crippen LogP contribution in [0.25, 0.3) is 11.3 Å². The average Bonchev–Trinajstić information content (AvgIpc) is 2.76. The number of H-pyrrole nitrogens is 1. The maximum atomic E-state index is 12.7. The van der Waals surface area contributed by atoms with Crippen LogP contribution in [0.2, 0.25) is 0 Å². The molecule has 1 fully saturated rings. The molecular formula is C22H25N5O2. The number of anilines is 2. The minimum atomic E-state index is -0.355. The molecule has 0 saturated carbocycles. The summed E-state index contributed by atoms with van der Waals surface area (Å²) in [4.78, 5) is 34.2. The number of rotatable bonds is 4. The van der Waals surface area contributed by atoms with Crippen molar-refractivity contribution in [1.82, 2.24) is 14.9 Å². The van der Waals surface area contributed by atoms with E-state index in [-0.39, 0.29) is 17.2 Å². The number of aromatic amines is 1. The lowest BCUT2D eigenvalue weighted by atomic mass is 9.99. The van der Waals surface area contributed by atoms with Crippen LogP contribution in [-0.4, -0.2) is 33.9 Å². The predicted octanol–water partition coefficient (Wildman–Crippen LogP) is 3.05. The number of hydrogen-bond donors (Lipinski definition) is 3. The van der Waals surface area contributed by atoms with Crippen molar-refractivity contribution in [3.63, 3.8) is 0 Å². The minimum absolute atomic E-state index is 0.198. The number of hydrogen-bond acceptors (Lipinski definition) is 5. The van der Waals surface area contributed by atoms with Crippen molar-refractivity contribution in [3.05, 3.63) is 64.4 Å². The van der Waals surface area contributed by atoms with E-state index in [0.29, 0.717) is 28.9 Å². The lowest BCUT2D eigenvalue weighted by Crippen LogP contribution is -2.30. The molecule has 7 nitrogen and oxygen atoms in total. The minimum Gasteiger partial charge on any atom is -0.399 e. The maximum Gasteiger partial charge on any atom is 0.271 e. The lowest BCUT2D eigenvalue weighted by molar-refractivity contribution is -0.113. The number of likely N-dealkylation sites (tertiary alicyclic amines) is 1. The summed E-state index contributed by atoms with van der Waals surface area (Å²) in [6.07, 6.45) is 12.4. The van der Waals surface area contributed by atoms with Crippen molar-refractivity contribution in [3.8, 4) is 11.3 Å². The second-order valence-corrected chi connectivity index (χ2v) is 7.46. The van der Waals surface area contributed by atoms with Crippen molar-refractivity contribution in [2.75, 3.05) is 24.1 Å². The van der Waals surface area contributed by atoms with E-state index < -0.39 is 0 Å². The van der Waals surface area contributed by atoms with Crippen LogP contribution in [0.4, 0.5) is 11.4 Å². The molecule has 0 aromatic carbocycles. The summed E-state index contributed by atoms with van der Waals surface area (Å²) in [6, 6.07) is 5.03. The number of allylic oxidation sites excluding steroid dienone is 3. The van der Waals surface area contributed by atoms with E-state index in [1.807, 2.05) is 12.2 Å². The van der Waals surface area contributed by atoms with Crippen LogP contribution in [0.3, 0.4) is 0 Å². The van der Waals surface area contributed by atoms with Gasteiger partial charge in [0.1, 0.15) is 5.69 Å². The summed E-state index contributed by atoms with van der Waals surface area (Å²) in [7, 11) is 0. The number of nitrogens with two attached hydrogens (primary N) is 1. The molecular weight excluding hydrogens is 366 g/mol. The number of piperidine rings is 1. The first-order valence-corrected chi connectivity index (χ1v) is 10.0. The van der Waals surface area contributed by atoms with Gasteiger partial charge in [-0.15, -0.1) is 0 Å². The summed E-state index contributed by atoms with van der Waals surface area (Å²) < 4.78 is 0. The van der Waals surface area contributed by atoms with E-state index in [2.05, 4.69) is 20.2 Å². The predicted molar refractivity (Wildman–Crippen MR) is 114 cm³/mol. The van der Waals surface area contributed by atoms with Crippen molar-refractivity contribution in [2.24, 2.45) is 0 Å². The Kier molecular flexibility index (Phi) is 5.46. The fraction of sp³-hybridized carbons (Fsp3) is 0.318. The van der Waals surface area contributed by atoms with Crippen LogP contribution in [0.15, 0.2) is 58.8 Å². The number of carbonyl (C=O) groups excluding carboxylic acids is 1. The van der Waals surface area contributed by atoms with E-state index in [1.54, 1.807) is 30.6 Å². The molecule has 2 aromatic heterocycles. The second kappa shape index (κ2) is 8.34. The molecule has 0 bridgehead atoms. The SMILES string of the molecule is Nc1ccnc(-c2c[nH]c(=O)c(NC(=O)C3=CC=C(N4CCCCC4)CC3)c2)c1. The Bertz CT molecular complexity index is 1030. The summed E-state index contributed by atoms with van der Waals surface area (Å²) in [5, 5.41) is 2.75. The quantitative estimate of drug-likeness (QED) is 0.743. The number of nitrogens with one attached hydrogen (secondary N) is 2. The molecule has 1 amide bonds. The van der Waals surface area contributed by atoms with E-state index in [0.717, 1.165) is 19.5 Å². The fourth-order valence-electron chi connectivity index (χ4n) is 3.79. The van der Waals surface area contributed by atoms with Gasteiger partial charge in [0.15, 0.2) is 0 Å². The Morgan fingerprint density at radius 2 is 1.97 bits per heavy atom. The van der Waals surface area contributed by atoms with Crippen molar-refractivity contribution >= 4 is 17.3 Å². The van der Waals surface area contributed by atoms with Crippen LogP contribution >= 0.6 is 0 Å². The Morgan fingerprint density at radius 3 is 2.69 bits per heavy atom. The number of nitrogens with zero attached hydrogens (tertiary/aromatic N) is 2. The van der Waals surface area contributed by atoms with E-state index >= 15 is 0 Å². The third-order valence-electron chi connectivity index (χ3n) is 5.41. The zero-order chi connectivity index (χ0) is 20.2. The Hall–Kier alpha value is -3.35. The molecule has 150 valence electrons. The molecule has 2 aromatic rings. The maximum absolute atomic E-state index is 12.7. The number of carbonyl (C=O) groups is 1. The van der Waals surface area contributed by atoms with Gasteiger partial charge in [0, 0.05) is 48.0 Å².